The summed E-state index contributed by atoms with van der Waals surface area (Å²) < 4.78 is 28.2. The zero-order valence-corrected chi connectivity index (χ0v) is 15.8. The number of hydrogen-bond donors (Lipinski definition) is 3. The second kappa shape index (κ2) is 8.80. The van der Waals surface area contributed by atoms with Crippen LogP contribution in [-0.2, 0) is 21.9 Å². The third-order valence-electron chi connectivity index (χ3n) is 4.11. The Morgan fingerprint density at radius 2 is 2.21 bits per heavy atom. The van der Waals surface area contributed by atoms with Crippen LogP contribution in [0.3, 0.4) is 0 Å². The van der Waals surface area contributed by atoms with Gasteiger partial charge < -0.3 is 15.2 Å². The zero-order valence-electron chi connectivity index (χ0n) is 14.2. The number of carbonyl (C=O) groups excluding carboxylic acids is 1. The molecule has 8 nitrogen and oxygen atoms in total. The summed E-state index contributed by atoms with van der Waals surface area (Å²) >= 11 is 0. The van der Waals surface area contributed by atoms with E-state index < -0.39 is 10.0 Å². The zero-order chi connectivity index (χ0) is 17.0. The van der Waals surface area contributed by atoms with Gasteiger partial charge in [0.05, 0.1) is 0 Å². The summed E-state index contributed by atoms with van der Waals surface area (Å²) in [4.78, 5) is 15.9. The minimum Gasteiger partial charge on any atom is -0.352 e. The van der Waals surface area contributed by atoms with Crippen LogP contribution in [0.2, 0.25) is 0 Å². The second-order valence-corrected chi connectivity index (χ2v) is 7.66. The molecule has 0 bridgehead atoms. The lowest BCUT2D eigenvalue weighted by molar-refractivity contribution is -0.122. The molecule has 0 aliphatic carbocycles. The number of halogens is 1. The maximum atomic E-state index is 12.1. The highest BCUT2D eigenvalue weighted by atomic mass is 35.5. The molecule has 2 atom stereocenters. The molecule has 2 rings (SSSR count). The normalized spacial score (nSPS) is 21.1. The molecule has 1 aromatic rings. The Labute approximate surface area is 149 Å². The maximum Gasteiger partial charge on any atom is 0.259 e. The van der Waals surface area contributed by atoms with Gasteiger partial charge >= 0.3 is 0 Å². The van der Waals surface area contributed by atoms with Crippen LogP contribution in [-0.4, -0.2) is 49.0 Å². The third kappa shape index (κ3) is 5.44. The molecule has 1 aliphatic heterocycles. The van der Waals surface area contributed by atoms with Crippen LogP contribution in [0.1, 0.15) is 32.0 Å². The number of carbonyl (C=O) groups is 1. The van der Waals surface area contributed by atoms with Gasteiger partial charge in [-0.1, -0.05) is 0 Å². The van der Waals surface area contributed by atoms with Crippen molar-refractivity contribution < 1.29 is 13.2 Å². The topological polar surface area (TPSA) is 105 Å². The Morgan fingerprint density at radius 1 is 1.50 bits per heavy atom. The molecule has 0 spiro atoms. The van der Waals surface area contributed by atoms with E-state index >= 15 is 0 Å². The average molecular weight is 380 g/mol. The minimum absolute atomic E-state index is 0. The summed E-state index contributed by atoms with van der Waals surface area (Å²) in [5.74, 6) is 0.465. The Kier molecular flexibility index (Phi) is 7.65. The summed E-state index contributed by atoms with van der Waals surface area (Å²) in [6.45, 7) is 4.79. The fourth-order valence-corrected chi connectivity index (χ4v) is 3.62. The summed E-state index contributed by atoms with van der Waals surface area (Å²) in [5, 5.41) is 6.24. The fraction of sp³-hybridized carbons (Fsp3) is 0.714. The lowest BCUT2D eigenvalue weighted by Crippen LogP contribution is -2.52. The van der Waals surface area contributed by atoms with Crippen LogP contribution in [0.25, 0.3) is 0 Å². The number of sulfonamides is 1. The Morgan fingerprint density at radius 3 is 2.79 bits per heavy atom. The van der Waals surface area contributed by atoms with Gasteiger partial charge in [0.1, 0.15) is 5.82 Å². The largest absolute Gasteiger partial charge is 0.352 e. The number of nitrogens with zero attached hydrogens (tertiary/aromatic N) is 2. The van der Waals surface area contributed by atoms with E-state index in [9.17, 15) is 13.2 Å². The number of imidazole rings is 1. The summed E-state index contributed by atoms with van der Waals surface area (Å²) in [7, 11) is -1.95. The van der Waals surface area contributed by atoms with Gasteiger partial charge in [0, 0.05) is 38.3 Å². The number of nitrogens with one attached hydrogen (secondary N) is 3. The standard InChI is InChI=1S/C14H25N5O3S.ClH/c1-10-12(5-4-7-15-10)18-13(20)6-8-16-23(21,22)14-9-19(3)11(2)17-14;/h9-10,12,15-16H,4-8H2,1-3H3,(H,18,20);1H. The first-order valence-electron chi connectivity index (χ1n) is 7.82. The van der Waals surface area contributed by atoms with Gasteiger partial charge in [-0.3, -0.25) is 4.79 Å². The Balaban J connectivity index is 0.00000288. The lowest BCUT2D eigenvalue weighted by Gasteiger charge is -2.30. The van der Waals surface area contributed by atoms with Crippen LogP contribution in [0.5, 0.6) is 0 Å². The summed E-state index contributed by atoms with van der Waals surface area (Å²) in [5.41, 5.74) is 0. The highest BCUT2D eigenvalue weighted by molar-refractivity contribution is 7.89. The molecule has 10 heteroatoms. The lowest BCUT2D eigenvalue weighted by atomic mass is 10.00. The number of rotatable bonds is 6. The van der Waals surface area contributed by atoms with Crippen molar-refractivity contribution in [1.29, 1.82) is 0 Å². The molecule has 1 saturated heterocycles. The molecule has 0 saturated carbocycles. The molecule has 0 radical (unpaired) electrons. The van der Waals surface area contributed by atoms with E-state index in [0.29, 0.717) is 5.82 Å². The highest BCUT2D eigenvalue weighted by Gasteiger charge is 2.23. The van der Waals surface area contributed by atoms with E-state index in [4.69, 9.17) is 0 Å². The van der Waals surface area contributed by atoms with Gasteiger partial charge in [-0.2, -0.15) is 0 Å². The van der Waals surface area contributed by atoms with E-state index in [2.05, 4.69) is 20.3 Å². The van der Waals surface area contributed by atoms with Gasteiger partial charge in [0.2, 0.25) is 5.91 Å². The van der Waals surface area contributed by atoms with Crippen LogP contribution in [0.15, 0.2) is 11.2 Å². The average Bonchev–Trinajstić information content (AvgIpc) is 2.82. The van der Waals surface area contributed by atoms with Crippen LogP contribution in [0, 0.1) is 6.92 Å². The van der Waals surface area contributed by atoms with Gasteiger partial charge in [0.25, 0.3) is 10.0 Å². The third-order valence-corrected chi connectivity index (χ3v) is 5.45. The molecular formula is C14H26ClN5O3S. The number of hydrogen-bond acceptors (Lipinski definition) is 5. The van der Waals surface area contributed by atoms with Gasteiger partial charge in [-0.15, -0.1) is 12.4 Å². The molecular weight excluding hydrogens is 354 g/mol. The van der Waals surface area contributed by atoms with Crippen molar-refractivity contribution in [3.63, 3.8) is 0 Å². The highest BCUT2D eigenvalue weighted by Crippen LogP contribution is 2.09. The van der Waals surface area contributed by atoms with E-state index in [1.54, 1.807) is 18.5 Å². The van der Waals surface area contributed by atoms with Gasteiger partial charge in [-0.05, 0) is 33.2 Å². The van der Waals surface area contributed by atoms with Crippen molar-refractivity contribution >= 4 is 28.3 Å². The number of aryl methyl sites for hydroxylation is 2. The molecule has 1 aromatic heterocycles. The van der Waals surface area contributed by atoms with Crippen LogP contribution in [0.4, 0.5) is 0 Å². The molecule has 1 amide bonds. The Hall–Kier alpha value is -1.16. The molecule has 1 aliphatic rings. The summed E-state index contributed by atoms with van der Waals surface area (Å²) in [6, 6.07) is 0.340. The van der Waals surface area contributed by atoms with Crippen molar-refractivity contribution in [2.24, 2.45) is 7.05 Å². The smallest absolute Gasteiger partial charge is 0.259 e. The predicted molar refractivity (Wildman–Crippen MR) is 93.6 cm³/mol. The van der Waals surface area contributed by atoms with E-state index in [-0.39, 0.29) is 48.4 Å². The van der Waals surface area contributed by atoms with Crippen molar-refractivity contribution in [2.75, 3.05) is 13.1 Å². The van der Waals surface area contributed by atoms with Crippen molar-refractivity contribution in [2.45, 2.75) is 50.2 Å². The predicted octanol–water partition coefficient (Wildman–Crippen LogP) is 0.0754. The molecule has 138 valence electrons. The first-order valence-corrected chi connectivity index (χ1v) is 9.30. The molecule has 2 unspecified atom stereocenters. The van der Waals surface area contributed by atoms with Gasteiger partial charge in [0.15, 0.2) is 5.03 Å². The van der Waals surface area contributed by atoms with Crippen LogP contribution < -0.4 is 15.4 Å². The number of piperidine rings is 1. The monoisotopic (exact) mass is 379 g/mol. The Bertz CT molecular complexity index is 642. The van der Waals surface area contributed by atoms with Crippen molar-refractivity contribution in [3.8, 4) is 0 Å². The fourth-order valence-electron chi connectivity index (χ4n) is 2.55. The first-order chi connectivity index (χ1) is 10.8. The molecule has 2 heterocycles. The molecule has 0 aromatic carbocycles. The number of aromatic nitrogens is 2. The van der Waals surface area contributed by atoms with Crippen LogP contribution >= 0.6 is 12.4 Å². The summed E-state index contributed by atoms with van der Waals surface area (Å²) in [6.07, 6.45) is 3.53. The quantitative estimate of drug-likeness (QED) is 0.649. The number of amides is 1. The van der Waals surface area contributed by atoms with E-state index in [0.717, 1.165) is 19.4 Å². The SMILES string of the molecule is Cc1nc(S(=O)(=O)NCCC(=O)NC2CCCNC2C)cn1C.Cl. The minimum atomic E-state index is -3.68. The van der Waals surface area contributed by atoms with E-state index in [1.165, 1.54) is 6.20 Å². The second-order valence-electron chi connectivity index (χ2n) is 5.94. The van der Waals surface area contributed by atoms with Crippen molar-refractivity contribution in [1.82, 2.24) is 24.9 Å². The van der Waals surface area contributed by atoms with Gasteiger partial charge in [-0.25, -0.2) is 18.1 Å². The molecule has 3 N–H and O–H groups in total. The maximum absolute atomic E-state index is 12.1. The van der Waals surface area contributed by atoms with E-state index in [1.807, 2.05) is 6.92 Å². The molecule has 24 heavy (non-hydrogen) atoms. The molecule has 1 fully saturated rings. The first kappa shape index (κ1) is 20.9. The van der Waals surface area contributed by atoms with Crippen molar-refractivity contribution in [3.05, 3.63) is 12.0 Å².